The fraction of sp³-hybridized carbons (Fsp3) is 0.292. The van der Waals surface area contributed by atoms with E-state index in [1.165, 1.54) is 24.2 Å². The van der Waals surface area contributed by atoms with Crippen molar-refractivity contribution in [2.75, 3.05) is 33.9 Å². The second-order valence-corrected chi connectivity index (χ2v) is 7.30. The van der Waals surface area contributed by atoms with Crippen LogP contribution in [-0.2, 0) is 25.7 Å². The van der Waals surface area contributed by atoms with Crippen molar-refractivity contribution in [3.63, 3.8) is 0 Å². The third kappa shape index (κ3) is 8.50. The molecule has 1 N–H and O–H groups in total. The number of likely N-dealkylation sites (N-methyl/N-ethyl adjacent to an activating group) is 1. The molecule has 33 heavy (non-hydrogen) atoms. The number of benzene rings is 2. The number of nitrogens with zero attached hydrogens (tertiary/aromatic N) is 1. The zero-order valence-corrected chi connectivity index (χ0v) is 19.6. The molecule has 0 aliphatic heterocycles. The molecule has 176 valence electrons. The summed E-state index contributed by atoms with van der Waals surface area (Å²) in [6.07, 6.45) is 2.72. The van der Waals surface area contributed by atoms with Crippen molar-refractivity contribution >= 4 is 35.5 Å². The SMILES string of the molecule is CCN(CC(=O)NCc1ccc(Cl)cc1)C(=O)COC(=O)/C=C/c1ccc(OC)cc1OC. The third-order valence-corrected chi connectivity index (χ3v) is 4.90. The average molecular weight is 475 g/mol. The Bertz CT molecular complexity index is 991. The van der Waals surface area contributed by atoms with Crippen LogP contribution < -0.4 is 14.8 Å². The molecule has 2 aromatic rings. The number of hydrogen-bond donors (Lipinski definition) is 1. The van der Waals surface area contributed by atoms with Gasteiger partial charge in [-0.2, -0.15) is 0 Å². The summed E-state index contributed by atoms with van der Waals surface area (Å²) in [6.45, 7) is 1.74. The summed E-state index contributed by atoms with van der Waals surface area (Å²) in [5.41, 5.74) is 1.53. The Morgan fingerprint density at radius 2 is 1.79 bits per heavy atom. The first-order valence-electron chi connectivity index (χ1n) is 10.2. The van der Waals surface area contributed by atoms with Crippen molar-refractivity contribution in [2.45, 2.75) is 13.5 Å². The average Bonchev–Trinajstić information content (AvgIpc) is 2.83. The van der Waals surface area contributed by atoms with Gasteiger partial charge in [-0.15, -0.1) is 0 Å². The van der Waals surface area contributed by atoms with Crippen LogP contribution in [0.4, 0.5) is 0 Å². The smallest absolute Gasteiger partial charge is 0.331 e. The summed E-state index contributed by atoms with van der Waals surface area (Å²) < 4.78 is 15.4. The Kier molecular flexibility index (Phi) is 10.2. The van der Waals surface area contributed by atoms with Gasteiger partial charge in [-0.3, -0.25) is 9.59 Å². The molecule has 2 aromatic carbocycles. The Morgan fingerprint density at radius 1 is 1.06 bits per heavy atom. The van der Waals surface area contributed by atoms with Gasteiger partial charge in [0.2, 0.25) is 5.91 Å². The van der Waals surface area contributed by atoms with Gasteiger partial charge in [0.25, 0.3) is 5.91 Å². The number of hydrogen-bond acceptors (Lipinski definition) is 6. The van der Waals surface area contributed by atoms with E-state index in [1.54, 1.807) is 56.5 Å². The zero-order chi connectivity index (χ0) is 24.2. The van der Waals surface area contributed by atoms with Gasteiger partial charge in [0, 0.05) is 35.8 Å². The second-order valence-electron chi connectivity index (χ2n) is 6.86. The van der Waals surface area contributed by atoms with Gasteiger partial charge in [0.15, 0.2) is 6.61 Å². The molecule has 0 unspecified atom stereocenters. The zero-order valence-electron chi connectivity index (χ0n) is 18.8. The molecule has 0 radical (unpaired) electrons. The number of rotatable bonds is 11. The number of methoxy groups -OCH3 is 2. The largest absolute Gasteiger partial charge is 0.497 e. The molecule has 0 saturated heterocycles. The Labute approximate surface area is 198 Å². The summed E-state index contributed by atoms with van der Waals surface area (Å²) in [5, 5.41) is 3.36. The molecular formula is C24H27ClN2O6. The molecule has 0 saturated carbocycles. The fourth-order valence-corrected chi connectivity index (χ4v) is 2.92. The summed E-state index contributed by atoms with van der Waals surface area (Å²) in [6, 6.07) is 12.2. The lowest BCUT2D eigenvalue weighted by Gasteiger charge is -2.20. The molecule has 0 spiro atoms. The van der Waals surface area contributed by atoms with Crippen LogP contribution in [0, 0.1) is 0 Å². The van der Waals surface area contributed by atoms with Crippen LogP contribution in [0.5, 0.6) is 11.5 Å². The van der Waals surface area contributed by atoms with Crippen LogP contribution in [0.25, 0.3) is 6.08 Å². The van der Waals surface area contributed by atoms with Gasteiger partial charge in [0.1, 0.15) is 11.5 Å². The molecular weight excluding hydrogens is 448 g/mol. The first-order chi connectivity index (χ1) is 15.9. The van der Waals surface area contributed by atoms with E-state index < -0.39 is 18.5 Å². The highest BCUT2D eigenvalue weighted by molar-refractivity contribution is 6.30. The number of esters is 1. The van der Waals surface area contributed by atoms with Gasteiger partial charge >= 0.3 is 5.97 Å². The van der Waals surface area contributed by atoms with Crippen LogP contribution in [-0.4, -0.2) is 56.6 Å². The standard InChI is InChI=1S/C24H27ClN2O6/c1-4-27(15-22(28)26-14-17-5-9-19(25)10-6-17)23(29)16-33-24(30)12-8-18-7-11-20(31-2)13-21(18)32-3/h5-13H,4,14-16H2,1-3H3,(H,26,28)/b12-8+. The molecule has 0 aliphatic rings. The van der Waals surface area contributed by atoms with E-state index in [1.807, 2.05) is 0 Å². The van der Waals surface area contributed by atoms with Gasteiger partial charge < -0.3 is 24.4 Å². The number of nitrogens with one attached hydrogen (secondary N) is 1. The van der Waals surface area contributed by atoms with E-state index in [0.717, 1.165) is 5.56 Å². The molecule has 2 rings (SSSR count). The van der Waals surface area contributed by atoms with Crippen molar-refractivity contribution in [3.8, 4) is 11.5 Å². The number of carbonyl (C=O) groups excluding carboxylic acids is 3. The molecule has 0 fully saturated rings. The lowest BCUT2D eigenvalue weighted by atomic mass is 10.2. The van der Waals surface area contributed by atoms with Crippen LogP contribution >= 0.6 is 11.6 Å². The first-order valence-corrected chi connectivity index (χ1v) is 10.6. The molecule has 0 atom stereocenters. The maximum absolute atomic E-state index is 12.4. The Balaban J connectivity index is 1.82. The third-order valence-electron chi connectivity index (χ3n) is 4.65. The van der Waals surface area contributed by atoms with Crippen LogP contribution in [0.15, 0.2) is 48.5 Å². The van der Waals surface area contributed by atoms with Crippen molar-refractivity contribution in [1.82, 2.24) is 10.2 Å². The van der Waals surface area contributed by atoms with E-state index in [4.69, 9.17) is 25.8 Å². The summed E-state index contributed by atoms with van der Waals surface area (Å²) in [7, 11) is 3.05. The maximum atomic E-state index is 12.4. The van der Waals surface area contributed by atoms with Crippen molar-refractivity contribution in [1.29, 1.82) is 0 Å². The molecule has 0 bridgehead atoms. The first kappa shape index (κ1) is 25.7. The van der Waals surface area contributed by atoms with Crippen LogP contribution in [0.2, 0.25) is 5.02 Å². The normalized spacial score (nSPS) is 10.5. The summed E-state index contributed by atoms with van der Waals surface area (Å²) >= 11 is 5.84. The van der Waals surface area contributed by atoms with Gasteiger partial charge in [-0.1, -0.05) is 23.7 Å². The molecule has 0 aromatic heterocycles. The van der Waals surface area contributed by atoms with Crippen molar-refractivity contribution in [2.24, 2.45) is 0 Å². The highest BCUT2D eigenvalue weighted by Crippen LogP contribution is 2.25. The molecule has 0 heterocycles. The summed E-state index contributed by atoms with van der Waals surface area (Å²) in [4.78, 5) is 37.9. The van der Waals surface area contributed by atoms with Crippen molar-refractivity contribution in [3.05, 3.63) is 64.7 Å². The van der Waals surface area contributed by atoms with Gasteiger partial charge in [0.05, 0.1) is 20.8 Å². The van der Waals surface area contributed by atoms with E-state index in [2.05, 4.69) is 5.32 Å². The minimum atomic E-state index is -0.690. The van der Waals surface area contributed by atoms with E-state index in [9.17, 15) is 14.4 Å². The lowest BCUT2D eigenvalue weighted by Crippen LogP contribution is -2.42. The Morgan fingerprint density at radius 3 is 2.42 bits per heavy atom. The number of amides is 2. The molecule has 9 heteroatoms. The fourth-order valence-electron chi connectivity index (χ4n) is 2.79. The molecule has 8 nitrogen and oxygen atoms in total. The minimum absolute atomic E-state index is 0.140. The quantitative estimate of drug-likeness (QED) is 0.397. The monoisotopic (exact) mass is 474 g/mol. The van der Waals surface area contributed by atoms with Crippen molar-refractivity contribution < 1.29 is 28.6 Å². The lowest BCUT2D eigenvalue weighted by molar-refractivity contribution is -0.148. The highest BCUT2D eigenvalue weighted by Gasteiger charge is 2.17. The number of halogens is 1. The number of ether oxygens (including phenoxy) is 3. The van der Waals surface area contributed by atoms with Crippen LogP contribution in [0.1, 0.15) is 18.1 Å². The van der Waals surface area contributed by atoms with Gasteiger partial charge in [-0.25, -0.2) is 4.79 Å². The van der Waals surface area contributed by atoms with Crippen LogP contribution in [0.3, 0.4) is 0 Å². The van der Waals surface area contributed by atoms with Gasteiger partial charge in [-0.05, 0) is 42.8 Å². The predicted molar refractivity (Wildman–Crippen MR) is 125 cm³/mol. The summed E-state index contributed by atoms with van der Waals surface area (Å²) in [5.74, 6) is -0.337. The Hall–Kier alpha value is -3.52. The predicted octanol–water partition coefficient (Wildman–Crippen LogP) is 3.08. The molecule has 2 amide bonds. The molecule has 0 aliphatic carbocycles. The second kappa shape index (κ2) is 13.1. The van der Waals surface area contributed by atoms with E-state index >= 15 is 0 Å². The van der Waals surface area contributed by atoms with E-state index in [0.29, 0.717) is 35.2 Å². The number of carbonyl (C=O) groups is 3. The van der Waals surface area contributed by atoms with E-state index in [-0.39, 0.29) is 12.5 Å². The highest BCUT2D eigenvalue weighted by atomic mass is 35.5. The minimum Gasteiger partial charge on any atom is -0.497 e. The maximum Gasteiger partial charge on any atom is 0.331 e. The topological polar surface area (TPSA) is 94.2 Å².